The Labute approximate surface area is 183 Å². The molecule has 0 saturated heterocycles. The summed E-state index contributed by atoms with van der Waals surface area (Å²) in [6.07, 6.45) is 0. The first kappa shape index (κ1) is 20.4. The highest BCUT2D eigenvalue weighted by Crippen LogP contribution is 2.28. The van der Waals surface area contributed by atoms with E-state index in [4.69, 9.17) is 8.83 Å². The second-order valence-electron chi connectivity index (χ2n) is 7.38. The van der Waals surface area contributed by atoms with Gasteiger partial charge in [-0.05, 0) is 35.2 Å². The Morgan fingerprint density at radius 2 is 0.812 bits per heavy atom. The fourth-order valence-electron chi connectivity index (χ4n) is 4.03. The molecule has 0 spiro atoms. The SMILES string of the molecule is OB(O)c1cccc2oc3ccccc3c12.OB(O)c1cccc2oc3ccccc3c12. The Bertz CT molecular complexity index is 1430. The van der Waals surface area contributed by atoms with E-state index in [1.54, 1.807) is 24.3 Å². The van der Waals surface area contributed by atoms with Gasteiger partial charge >= 0.3 is 14.2 Å². The summed E-state index contributed by atoms with van der Waals surface area (Å²) in [5.74, 6) is 0. The molecule has 0 aliphatic carbocycles. The number of rotatable bonds is 2. The molecule has 0 fully saturated rings. The maximum Gasteiger partial charge on any atom is 0.489 e. The van der Waals surface area contributed by atoms with Crippen LogP contribution in [-0.4, -0.2) is 34.3 Å². The molecule has 0 aliphatic heterocycles. The second kappa shape index (κ2) is 8.18. The summed E-state index contributed by atoms with van der Waals surface area (Å²) in [5.41, 5.74) is 3.81. The molecule has 4 aromatic carbocycles. The number of benzene rings is 4. The highest BCUT2D eigenvalue weighted by atomic mass is 16.4. The molecule has 32 heavy (non-hydrogen) atoms. The largest absolute Gasteiger partial charge is 0.489 e. The molecule has 0 unspecified atom stereocenters. The average molecular weight is 424 g/mol. The van der Waals surface area contributed by atoms with E-state index in [-0.39, 0.29) is 0 Å². The molecule has 0 aliphatic rings. The van der Waals surface area contributed by atoms with Crippen molar-refractivity contribution in [2.45, 2.75) is 0 Å². The number of fused-ring (bicyclic) bond motifs is 6. The molecule has 0 bridgehead atoms. The van der Waals surface area contributed by atoms with E-state index in [2.05, 4.69) is 0 Å². The van der Waals surface area contributed by atoms with Crippen molar-refractivity contribution in [2.75, 3.05) is 0 Å². The molecule has 6 rings (SSSR count). The smallest absolute Gasteiger partial charge is 0.456 e. The van der Waals surface area contributed by atoms with E-state index in [1.807, 2.05) is 60.7 Å². The standard InChI is InChI=1S/2C12H9BO3/c2*14-13(15)9-5-3-7-11-12(9)8-4-1-2-6-10(8)16-11/h2*1-7,14-15H. The molecule has 6 aromatic rings. The molecular weight excluding hydrogens is 406 g/mol. The minimum Gasteiger partial charge on any atom is -0.456 e. The zero-order chi connectivity index (χ0) is 22.2. The highest BCUT2D eigenvalue weighted by Gasteiger charge is 2.19. The molecule has 8 heteroatoms. The lowest BCUT2D eigenvalue weighted by Crippen LogP contribution is -2.30. The van der Waals surface area contributed by atoms with Gasteiger partial charge in [0.05, 0.1) is 0 Å². The summed E-state index contributed by atoms with van der Waals surface area (Å²) in [7, 11) is -2.96. The van der Waals surface area contributed by atoms with E-state index in [0.29, 0.717) is 22.1 Å². The van der Waals surface area contributed by atoms with E-state index < -0.39 is 14.2 Å². The molecule has 0 saturated carbocycles. The zero-order valence-electron chi connectivity index (χ0n) is 16.8. The maximum absolute atomic E-state index is 9.31. The van der Waals surface area contributed by atoms with Crippen LogP contribution in [0.15, 0.2) is 93.8 Å². The molecule has 0 atom stereocenters. The molecule has 6 nitrogen and oxygen atoms in total. The third-order valence-electron chi connectivity index (χ3n) is 5.43. The average Bonchev–Trinajstić information content (AvgIpc) is 3.37. The predicted octanol–water partition coefficient (Wildman–Crippen LogP) is 2.53. The second-order valence-corrected chi connectivity index (χ2v) is 7.38. The normalized spacial score (nSPS) is 11.1. The summed E-state index contributed by atoms with van der Waals surface area (Å²) in [6.45, 7) is 0. The van der Waals surface area contributed by atoms with Gasteiger partial charge in [-0.3, -0.25) is 0 Å². The molecule has 156 valence electrons. The Morgan fingerprint density at radius 3 is 1.22 bits per heavy atom. The minimum absolute atomic E-state index is 0.474. The first-order valence-electron chi connectivity index (χ1n) is 10.1. The molecule has 0 amide bonds. The lowest BCUT2D eigenvalue weighted by molar-refractivity contribution is 0.425. The fraction of sp³-hybridized carbons (Fsp3) is 0. The van der Waals surface area contributed by atoms with Crippen molar-refractivity contribution in [1.82, 2.24) is 0 Å². The van der Waals surface area contributed by atoms with Crippen molar-refractivity contribution in [1.29, 1.82) is 0 Å². The molecule has 2 heterocycles. The summed E-state index contributed by atoms with van der Waals surface area (Å²) < 4.78 is 11.2. The van der Waals surface area contributed by atoms with Crippen LogP contribution in [0.3, 0.4) is 0 Å². The monoisotopic (exact) mass is 424 g/mol. The van der Waals surface area contributed by atoms with Crippen LogP contribution >= 0.6 is 0 Å². The number of para-hydroxylation sites is 2. The molecule has 2 aromatic heterocycles. The van der Waals surface area contributed by atoms with Crippen LogP contribution in [0.25, 0.3) is 43.9 Å². The Kier molecular flexibility index (Phi) is 5.20. The number of furan rings is 2. The van der Waals surface area contributed by atoms with Crippen LogP contribution in [0.4, 0.5) is 0 Å². The van der Waals surface area contributed by atoms with Crippen molar-refractivity contribution in [3.05, 3.63) is 84.9 Å². The topological polar surface area (TPSA) is 107 Å². The van der Waals surface area contributed by atoms with Crippen molar-refractivity contribution >= 4 is 69.0 Å². The molecule has 0 radical (unpaired) electrons. The summed E-state index contributed by atoms with van der Waals surface area (Å²) in [4.78, 5) is 0. The van der Waals surface area contributed by atoms with Crippen LogP contribution in [-0.2, 0) is 0 Å². The number of hydrogen-bond acceptors (Lipinski definition) is 6. The van der Waals surface area contributed by atoms with Gasteiger partial charge in [0.15, 0.2) is 0 Å². The van der Waals surface area contributed by atoms with E-state index in [9.17, 15) is 20.1 Å². The van der Waals surface area contributed by atoms with Crippen LogP contribution in [0.2, 0.25) is 0 Å². The van der Waals surface area contributed by atoms with Crippen molar-refractivity contribution in [3.8, 4) is 0 Å². The summed E-state index contributed by atoms with van der Waals surface area (Å²) in [5, 5.41) is 40.6. The van der Waals surface area contributed by atoms with Gasteiger partial charge in [-0.2, -0.15) is 0 Å². The zero-order valence-corrected chi connectivity index (χ0v) is 16.8. The maximum atomic E-state index is 9.31. The van der Waals surface area contributed by atoms with Gasteiger partial charge < -0.3 is 28.9 Å². The Hall–Kier alpha value is -3.55. The van der Waals surface area contributed by atoms with Gasteiger partial charge in [-0.25, -0.2) is 0 Å². The third kappa shape index (κ3) is 3.45. The van der Waals surface area contributed by atoms with Gasteiger partial charge in [0.1, 0.15) is 22.3 Å². The van der Waals surface area contributed by atoms with Gasteiger partial charge in [0.25, 0.3) is 0 Å². The quantitative estimate of drug-likeness (QED) is 0.319. The fourth-order valence-corrected chi connectivity index (χ4v) is 4.03. The van der Waals surface area contributed by atoms with Gasteiger partial charge in [-0.1, -0.05) is 60.7 Å². The first-order chi connectivity index (χ1) is 15.5. The highest BCUT2D eigenvalue weighted by molar-refractivity contribution is 6.63. The van der Waals surface area contributed by atoms with Gasteiger partial charge in [-0.15, -0.1) is 0 Å². The van der Waals surface area contributed by atoms with E-state index in [0.717, 1.165) is 32.7 Å². The Balaban J connectivity index is 0.000000135. The van der Waals surface area contributed by atoms with E-state index in [1.165, 1.54) is 0 Å². The van der Waals surface area contributed by atoms with Crippen molar-refractivity contribution in [3.63, 3.8) is 0 Å². The number of hydrogen-bond donors (Lipinski definition) is 4. The van der Waals surface area contributed by atoms with Crippen molar-refractivity contribution < 1.29 is 28.9 Å². The van der Waals surface area contributed by atoms with Crippen LogP contribution in [0.1, 0.15) is 0 Å². The molecule has 4 N–H and O–H groups in total. The van der Waals surface area contributed by atoms with E-state index >= 15 is 0 Å². The van der Waals surface area contributed by atoms with Crippen molar-refractivity contribution in [2.24, 2.45) is 0 Å². The van der Waals surface area contributed by atoms with Gasteiger partial charge in [0, 0.05) is 21.5 Å². The van der Waals surface area contributed by atoms with Crippen LogP contribution in [0.5, 0.6) is 0 Å². The molecular formula is C24H18B2O6. The van der Waals surface area contributed by atoms with Crippen LogP contribution < -0.4 is 10.9 Å². The van der Waals surface area contributed by atoms with Crippen LogP contribution in [0, 0.1) is 0 Å². The summed E-state index contributed by atoms with van der Waals surface area (Å²) in [6, 6.07) is 25.6. The third-order valence-corrected chi connectivity index (χ3v) is 5.43. The predicted molar refractivity (Wildman–Crippen MR) is 127 cm³/mol. The lowest BCUT2D eigenvalue weighted by Gasteiger charge is -2.00. The lowest BCUT2D eigenvalue weighted by atomic mass is 9.77. The Morgan fingerprint density at radius 1 is 0.438 bits per heavy atom. The minimum atomic E-state index is -1.48. The van der Waals surface area contributed by atoms with Gasteiger partial charge in [0.2, 0.25) is 0 Å². The first-order valence-corrected chi connectivity index (χ1v) is 10.1. The summed E-state index contributed by atoms with van der Waals surface area (Å²) >= 11 is 0.